The number of anilines is 2. The summed E-state index contributed by atoms with van der Waals surface area (Å²) >= 11 is 0. The van der Waals surface area contributed by atoms with Crippen molar-refractivity contribution in [2.75, 3.05) is 36.5 Å². The van der Waals surface area contributed by atoms with E-state index in [0.717, 1.165) is 16.8 Å². The quantitative estimate of drug-likeness (QED) is 0.352. The smallest absolute Gasteiger partial charge is 0.270 e. The Morgan fingerprint density at radius 2 is 2.00 bits per heavy atom. The van der Waals surface area contributed by atoms with Gasteiger partial charge in [0.15, 0.2) is 0 Å². The van der Waals surface area contributed by atoms with Gasteiger partial charge < -0.3 is 15.0 Å². The lowest BCUT2D eigenvalue weighted by atomic mass is 10.1. The molecule has 8 heteroatoms. The molecule has 1 heterocycles. The van der Waals surface area contributed by atoms with Gasteiger partial charge in [-0.15, -0.1) is 0 Å². The van der Waals surface area contributed by atoms with Gasteiger partial charge in [-0.1, -0.05) is 12.1 Å². The first-order valence-electron chi connectivity index (χ1n) is 9.51. The van der Waals surface area contributed by atoms with Crippen LogP contribution < -0.4 is 10.2 Å². The maximum atomic E-state index is 12.7. The molecule has 1 aliphatic rings. The molecule has 0 unspecified atom stereocenters. The summed E-state index contributed by atoms with van der Waals surface area (Å²) in [5.41, 5.74) is 3.47. The predicted octanol–water partition coefficient (Wildman–Crippen LogP) is 3.59. The number of nitrogens with zero attached hydrogens (tertiary/aromatic N) is 3. The van der Waals surface area contributed by atoms with Crippen LogP contribution in [0.3, 0.4) is 0 Å². The van der Waals surface area contributed by atoms with Gasteiger partial charge in [0.1, 0.15) is 11.6 Å². The van der Waals surface area contributed by atoms with E-state index < -0.39 is 10.8 Å². The monoisotopic (exact) mass is 406 g/mol. The minimum absolute atomic E-state index is 0.106. The lowest BCUT2D eigenvalue weighted by Crippen LogP contribution is -2.36. The summed E-state index contributed by atoms with van der Waals surface area (Å²) in [5, 5.41) is 23.6. The third-order valence-corrected chi connectivity index (χ3v) is 5.09. The van der Waals surface area contributed by atoms with E-state index in [4.69, 9.17) is 4.74 Å². The highest BCUT2D eigenvalue weighted by molar-refractivity contribution is 6.10. The Labute approximate surface area is 174 Å². The zero-order valence-corrected chi connectivity index (χ0v) is 16.8. The van der Waals surface area contributed by atoms with Gasteiger partial charge in [0, 0.05) is 42.2 Å². The number of nitriles is 1. The van der Waals surface area contributed by atoms with E-state index in [1.165, 1.54) is 18.2 Å². The van der Waals surface area contributed by atoms with Crippen LogP contribution in [0.15, 0.2) is 42.0 Å². The molecule has 1 saturated heterocycles. The topological polar surface area (TPSA) is 108 Å². The molecule has 0 aromatic heterocycles. The molecule has 2 aromatic rings. The molecule has 0 bridgehead atoms. The molecule has 2 aromatic carbocycles. The van der Waals surface area contributed by atoms with Crippen molar-refractivity contribution in [2.45, 2.75) is 13.8 Å². The number of carbonyl (C=O) groups is 1. The number of non-ortho nitro benzene ring substituents is 1. The van der Waals surface area contributed by atoms with Gasteiger partial charge in [0.25, 0.3) is 11.6 Å². The highest BCUT2D eigenvalue weighted by Gasteiger charge is 2.19. The number of ether oxygens (including phenoxy) is 1. The number of morpholine rings is 1. The summed E-state index contributed by atoms with van der Waals surface area (Å²) in [7, 11) is 0. The maximum Gasteiger partial charge on any atom is 0.270 e. The molecule has 0 atom stereocenters. The molecule has 3 rings (SSSR count). The number of aryl methyl sites for hydroxylation is 1. The Morgan fingerprint density at radius 1 is 1.27 bits per heavy atom. The molecule has 1 aliphatic heterocycles. The van der Waals surface area contributed by atoms with E-state index >= 15 is 0 Å². The number of amides is 1. The van der Waals surface area contributed by atoms with Gasteiger partial charge in [0.2, 0.25) is 0 Å². The van der Waals surface area contributed by atoms with Crippen molar-refractivity contribution >= 4 is 29.0 Å². The molecule has 1 N–H and O–H groups in total. The van der Waals surface area contributed by atoms with Crippen molar-refractivity contribution in [1.82, 2.24) is 0 Å². The summed E-state index contributed by atoms with van der Waals surface area (Å²) in [6.45, 7) is 6.14. The van der Waals surface area contributed by atoms with Crippen molar-refractivity contribution in [1.29, 1.82) is 5.26 Å². The molecule has 8 nitrogen and oxygen atoms in total. The van der Waals surface area contributed by atoms with E-state index in [-0.39, 0.29) is 11.3 Å². The van der Waals surface area contributed by atoms with Gasteiger partial charge in [-0.25, -0.2) is 0 Å². The summed E-state index contributed by atoms with van der Waals surface area (Å²) < 4.78 is 5.37. The van der Waals surface area contributed by atoms with E-state index in [0.29, 0.717) is 37.6 Å². The molecule has 154 valence electrons. The molecular weight excluding hydrogens is 384 g/mol. The number of nitro benzene ring substituents is 1. The number of rotatable bonds is 5. The SMILES string of the molecule is Cc1cccc(NC(=O)C(C#N)=Cc2cc([N+](=O)[O-])ccc2N2CCOCC2)c1C. The van der Waals surface area contributed by atoms with Crippen molar-refractivity contribution in [3.05, 3.63) is 68.8 Å². The van der Waals surface area contributed by atoms with Gasteiger partial charge >= 0.3 is 0 Å². The second kappa shape index (κ2) is 9.20. The van der Waals surface area contributed by atoms with Crippen molar-refractivity contribution in [3.63, 3.8) is 0 Å². The first-order valence-corrected chi connectivity index (χ1v) is 9.51. The Hall–Kier alpha value is -3.70. The van der Waals surface area contributed by atoms with E-state index in [1.807, 2.05) is 36.9 Å². The van der Waals surface area contributed by atoms with E-state index in [1.54, 1.807) is 12.1 Å². The Balaban J connectivity index is 1.97. The number of benzene rings is 2. The van der Waals surface area contributed by atoms with Crippen molar-refractivity contribution < 1.29 is 14.5 Å². The summed E-state index contributed by atoms with van der Waals surface area (Å²) in [5.74, 6) is -0.564. The lowest BCUT2D eigenvalue weighted by molar-refractivity contribution is -0.384. The molecule has 0 radical (unpaired) electrons. The van der Waals surface area contributed by atoms with Gasteiger partial charge in [-0.05, 0) is 43.2 Å². The van der Waals surface area contributed by atoms with Crippen LogP contribution in [-0.2, 0) is 9.53 Å². The molecule has 0 saturated carbocycles. The predicted molar refractivity (Wildman–Crippen MR) is 114 cm³/mol. The fraction of sp³-hybridized carbons (Fsp3) is 0.273. The zero-order chi connectivity index (χ0) is 21.7. The van der Waals surface area contributed by atoms with Crippen LogP contribution in [0.2, 0.25) is 0 Å². The van der Waals surface area contributed by atoms with Crippen LogP contribution in [-0.4, -0.2) is 37.1 Å². The number of nitrogens with one attached hydrogen (secondary N) is 1. The average molecular weight is 406 g/mol. The molecule has 30 heavy (non-hydrogen) atoms. The summed E-state index contributed by atoms with van der Waals surface area (Å²) in [6.07, 6.45) is 1.40. The molecule has 1 amide bonds. The highest BCUT2D eigenvalue weighted by Crippen LogP contribution is 2.29. The van der Waals surface area contributed by atoms with Crippen LogP contribution in [0, 0.1) is 35.3 Å². The number of hydrogen-bond acceptors (Lipinski definition) is 6. The largest absolute Gasteiger partial charge is 0.378 e. The Kier molecular flexibility index (Phi) is 6.45. The van der Waals surface area contributed by atoms with Gasteiger partial charge in [0.05, 0.1) is 18.1 Å². The Bertz CT molecular complexity index is 1050. The number of nitro groups is 1. The Morgan fingerprint density at radius 3 is 2.67 bits per heavy atom. The van der Waals surface area contributed by atoms with Crippen molar-refractivity contribution in [2.24, 2.45) is 0 Å². The third-order valence-electron chi connectivity index (χ3n) is 5.09. The molecule has 0 aliphatic carbocycles. The fourth-order valence-electron chi connectivity index (χ4n) is 3.24. The first kappa shape index (κ1) is 21.0. The second-order valence-corrected chi connectivity index (χ2v) is 6.97. The number of carbonyl (C=O) groups excluding carboxylic acids is 1. The van der Waals surface area contributed by atoms with Gasteiger partial charge in [-0.2, -0.15) is 5.26 Å². The lowest BCUT2D eigenvalue weighted by Gasteiger charge is -2.30. The maximum absolute atomic E-state index is 12.7. The van der Waals surface area contributed by atoms with Crippen LogP contribution in [0.4, 0.5) is 17.1 Å². The first-order chi connectivity index (χ1) is 14.4. The number of hydrogen-bond donors (Lipinski definition) is 1. The van der Waals surface area contributed by atoms with E-state index in [2.05, 4.69) is 5.32 Å². The minimum Gasteiger partial charge on any atom is -0.378 e. The van der Waals surface area contributed by atoms with Crippen LogP contribution in [0.1, 0.15) is 16.7 Å². The highest BCUT2D eigenvalue weighted by atomic mass is 16.6. The summed E-state index contributed by atoms with van der Waals surface area (Å²) in [6, 6.07) is 11.9. The standard InChI is InChI=1S/C22H22N4O4/c1-15-4-3-5-20(16(15)2)24-22(27)18(14-23)12-17-13-19(26(28)29)6-7-21(17)25-8-10-30-11-9-25/h3-7,12-13H,8-11H2,1-2H3,(H,24,27). The molecular formula is C22H22N4O4. The minimum atomic E-state index is -0.564. The molecule has 1 fully saturated rings. The fourth-order valence-corrected chi connectivity index (χ4v) is 3.24. The van der Waals surface area contributed by atoms with Crippen LogP contribution >= 0.6 is 0 Å². The zero-order valence-electron chi connectivity index (χ0n) is 16.8. The average Bonchev–Trinajstić information content (AvgIpc) is 2.75. The van der Waals surface area contributed by atoms with Crippen molar-refractivity contribution in [3.8, 4) is 6.07 Å². The molecule has 0 spiro atoms. The second-order valence-electron chi connectivity index (χ2n) is 6.97. The van der Waals surface area contributed by atoms with E-state index in [9.17, 15) is 20.2 Å². The normalized spacial score (nSPS) is 14.2. The third kappa shape index (κ3) is 4.64. The summed E-state index contributed by atoms with van der Waals surface area (Å²) in [4.78, 5) is 25.5. The van der Waals surface area contributed by atoms with Crippen LogP contribution in [0.25, 0.3) is 6.08 Å². The van der Waals surface area contributed by atoms with Gasteiger partial charge in [-0.3, -0.25) is 14.9 Å². The van der Waals surface area contributed by atoms with Crippen LogP contribution in [0.5, 0.6) is 0 Å².